The van der Waals surface area contributed by atoms with E-state index in [9.17, 15) is 0 Å². The molecule has 1 aliphatic rings. The van der Waals surface area contributed by atoms with Gasteiger partial charge in [-0.1, -0.05) is 19.9 Å². The van der Waals surface area contributed by atoms with Crippen molar-refractivity contribution < 1.29 is 9.47 Å². The largest absolute Gasteiger partial charge is 0.486 e. The lowest BCUT2D eigenvalue weighted by molar-refractivity contribution is 0.171. The molecule has 1 heterocycles. The summed E-state index contributed by atoms with van der Waals surface area (Å²) in [5.41, 5.74) is 7.40. The van der Waals surface area contributed by atoms with Gasteiger partial charge in [0.2, 0.25) is 0 Å². The van der Waals surface area contributed by atoms with E-state index in [1.54, 1.807) is 0 Å². The second-order valence-electron chi connectivity index (χ2n) is 5.11. The topological polar surface area (TPSA) is 47.7 Å². The zero-order valence-corrected chi connectivity index (χ0v) is 13.8. The molecule has 0 fully saturated rings. The SMILES string of the molecule is CCN(CC)CCSCC(N)c1ccc2c(c1)OCCO2. The third-order valence-electron chi connectivity index (χ3n) is 3.74. The van der Waals surface area contributed by atoms with Gasteiger partial charge in [-0.3, -0.25) is 0 Å². The molecule has 1 atom stereocenters. The molecular formula is C16H26N2O2S. The van der Waals surface area contributed by atoms with Crippen LogP contribution in [-0.4, -0.2) is 49.3 Å². The van der Waals surface area contributed by atoms with E-state index in [2.05, 4.69) is 18.7 Å². The van der Waals surface area contributed by atoms with Crippen LogP contribution in [0.3, 0.4) is 0 Å². The van der Waals surface area contributed by atoms with Crippen LogP contribution in [0.15, 0.2) is 18.2 Å². The maximum atomic E-state index is 6.28. The number of benzene rings is 1. The molecule has 1 aromatic rings. The van der Waals surface area contributed by atoms with Gasteiger partial charge in [0.1, 0.15) is 13.2 Å². The Morgan fingerprint density at radius 3 is 2.62 bits per heavy atom. The second-order valence-corrected chi connectivity index (χ2v) is 6.26. The summed E-state index contributed by atoms with van der Waals surface area (Å²) < 4.78 is 11.1. The second kappa shape index (κ2) is 8.51. The molecule has 0 amide bonds. The minimum atomic E-state index is 0.0440. The summed E-state index contributed by atoms with van der Waals surface area (Å²) in [6.07, 6.45) is 0. The molecule has 2 rings (SSSR count). The fourth-order valence-corrected chi connectivity index (χ4v) is 3.33. The Morgan fingerprint density at radius 1 is 1.19 bits per heavy atom. The zero-order valence-electron chi connectivity index (χ0n) is 13.0. The molecule has 21 heavy (non-hydrogen) atoms. The Bertz CT molecular complexity index is 438. The van der Waals surface area contributed by atoms with Crippen molar-refractivity contribution in [2.75, 3.05) is 44.4 Å². The van der Waals surface area contributed by atoms with Gasteiger partial charge in [-0.05, 0) is 30.8 Å². The Kier molecular flexibility index (Phi) is 6.67. The van der Waals surface area contributed by atoms with Crippen molar-refractivity contribution in [1.29, 1.82) is 0 Å². The lowest BCUT2D eigenvalue weighted by Gasteiger charge is -2.21. The van der Waals surface area contributed by atoms with Crippen molar-refractivity contribution in [3.05, 3.63) is 23.8 Å². The summed E-state index contributed by atoms with van der Waals surface area (Å²) in [4.78, 5) is 2.43. The molecule has 2 N–H and O–H groups in total. The van der Waals surface area contributed by atoms with Gasteiger partial charge in [0.05, 0.1) is 0 Å². The van der Waals surface area contributed by atoms with E-state index in [0.29, 0.717) is 13.2 Å². The van der Waals surface area contributed by atoms with Crippen LogP contribution in [0.25, 0.3) is 0 Å². The molecule has 5 heteroatoms. The van der Waals surface area contributed by atoms with Gasteiger partial charge < -0.3 is 20.1 Å². The van der Waals surface area contributed by atoms with E-state index in [1.807, 2.05) is 30.0 Å². The Morgan fingerprint density at radius 2 is 1.90 bits per heavy atom. The molecule has 4 nitrogen and oxygen atoms in total. The van der Waals surface area contributed by atoms with Crippen LogP contribution >= 0.6 is 11.8 Å². The Hall–Kier alpha value is -0.910. The zero-order chi connectivity index (χ0) is 15.1. The van der Waals surface area contributed by atoms with E-state index in [-0.39, 0.29) is 6.04 Å². The molecule has 0 aromatic heterocycles. The normalized spacial score (nSPS) is 15.2. The average molecular weight is 310 g/mol. The highest BCUT2D eigenvalue weighted by Crippen LogP contribution is 2.32. The molecule has 0 spiro atoms. The number of fused-ring (bicyclic) bond motifs is 1. The van der Waals surface area contributed by atoms with E-state index in [0.717, 1.165) is 48.2 Å². The first-order valence-corrected chi connectivity index (χ1v) is 8.85. The molecule has 0 radical (unpaired) electrons. The fourth-order valence-electron chi connectivity index (χ4n) is 2.33. The number of rotatable bonds is 8. The molecule has 0 saturated carbocycles. The highest BCUT2D eigenvalue weighted by Gasteiger charge is 2.14. The highest BCUT2D eigenvalue weighted by molar-refractivity contribution is 7.99. The molecule has 0 bridgehead atoms. The Labute approximate surface area is 132 Å². The van der Waals surface area contributed by atoms with Gasteiger partial charge in [0.15, 0.2) is 11.5 Å². The summed E-state index contributed by atoms with van der Waals surface area (Å²) >= 11 is 1.91. The van der Waals surface area contributed by atoms with E-state index in [4.69, 9.17) is 15.2 Å². The van der Waals surface area contributed by atoms with Crippen molar-refractivity contribution in [1.82, 2.24) is 4.90 Å². The molecule has 1 aliphatic heterocycles. The van der Waals surface area contributed by atoms with Gasteiger partial charge in [0.25, 0.3) is 0 Å². The number of nitrogens with two attached hydrogens (primary N) is 1. The van der Waals surface area contributed by atoms with Gasteiger partial charge in [-0.15, -0.1) is 0 Å². The standard InChI is InChI=1S/C16H26N2O2S/c1-3-18(4-2)7-10-21-12-14(17)13-5-6-15-16(11-13)20-9-8-19-15/h5-6,11,14H,3-4,7-10,12,17H2,1-2H3. The van der Waals surface area contributed by atoms with Crippen molar-refractivity contribution in [2.45, 2.75) is 19.9 Å². The minimum absolute atomic E-state index is 0.0440. The first kappa shape index (κ1) is 16.5. The molecule has 118 valence electrons. The fraction of sp³-hybridized carbons (Fsp3) is 0.625. The average Bonchev–Trinajstić information content (AvgIpc) is 2.54. The summed E-state index contributed by atoms with van der Waals surface area (Å²) in [5, 5.41) is 0. The lowest BCUT2D eigenvalue weighted by atomic mass is 10.1. The van der Waals surface area contributed by atoms with Crippen LogP contribution in [0.4, 0.5) is 0 Å². The van der Waals surface area contributed by atoms with Gasteiger partial charge in [0, 0.05) is 24.1 Å². The third kappa shape index (κ3) is 4.80. The molecular weight excluding hydrogens is 284 g/mol. The maximum absolute atomic E-state index is 6.28. The highest BCUT2D eigenvalue weighted by atomic mass is 32.2. The van der Waals surface area contributed by atoms with Crippen LogP contribution in [0.2, 0.25) is 0 Å². The van der Waals surface area contributed by atoms with Gasteiger partial charge in [-0.25, -0.2) is 0 Å². The van der Waals surface area contributed by atoms with E-state index in [1.165, 1.54) is 0 Å². The van der Waals surface area contributed by atoms with Crippen molar-refractivity contribution in [3.8, 4) is 11.5 Å². The van der Waals surface area contributed by atoms with E-state index < -0.39 is 0 Å². The number of hydrogen-bond acceptors (Lipinski definition) is 5. The van der Waals surface area contributed by atoms with Crippen LogP contribution in [0, 0.1) is 0 Å². The number of ether oxygens (including phenoxy) is 2. The first-order valence-electron chi connectivity index (χ1n) is 7.69. The van der Waals surface area contributed by atoms with Crippen molar-refractivity contribution in [3.63, 3.8) is 0 Å². The van der Waals surface area contributed by atoms with Crippen LogP contribution in [0.1, 0.15) is 25.5 Å². The smallest absolute Gasteiger partial charge is 0.161 e. The van der Waals surface area contributed by atoms with E-state index >= 15 is 0 Å². The predicted molar refractivity (Wildman–Crippen MR) is 89.5 cm³/mol. The van der Waals surface area contributed by atoms with Crippen LogP contribution < -0.4 is 15.2 Å². The summed E-state index contributed by atoms with van der Waals surface area (Å²) in [7, 11) is 0. The van der Waals surface area contributed by atoms with Crippen molar-refractivity contribution in [2.24, 2.45) is 5.73 Å². The predicted octanol–water partition coefficient (Wildman–Crippen LogP) is 2.53. The quantitative estimate of drug-likeness (QED) is 0.748. The molecule has 0 saturated heterocycles. The van der Waals surface area contributed by atoms with Crippen LogP contribution in [0.5, 0.6) is 11.5 Å². The molecule has 1 unspecified atom stereocenters. The maximum Gasteiger partial charge on any atom is 0.161 e. The van der Waals surface area contributed by atoms with Crippen LogP contribution in [-0.2, 0) is 0 Å². The van der Waals surface area contributed by atoms with Gasteiger partial charge in [-0.2, -0.15) is 11.8 Å². The number of thioether (sulfide) groups is 1. The first-order chi connectivity index (χ1) is 10.2. The summed E-state index contributed by atoms with van der Waals surface area (Å²) in [5.74, 6) is 3.70. The minimum Gasteiger partial charge on any atom is -0.486 e. The number of nitrogens with zero attached hydrogens (tertiary/aromatic N) is 1. The Balaban J connectivity index is 1.79. The third-order valence-corrected chi connectivity index (χ3v) is 4.80. The number of hydrogen-bond donors (Lipinski definition) is 1. The van der Waals surface area contributed by atoms with Gasteiger partial charge >= 0.3 is 0 Å². The monoisotopic (exact) mass is 310 g/mol. The lowest BCUT2D eigenvalue weighted by Crippen LogP contribution is -2.25. The molecule has 1 aromatic carbocycles. The summed E-state index contributed by atoms with van der Waals surface area (Å²) in [6.45, 7) is 9.01. The summed E-state index contributed by atoms with van der Waals surface area (Å²) in [6, 6.07) is 6.07. The van der Waals surface area contributed by atoms with Crippen molar-refractivity contribution >= 4 is 11.8 Å². The molecule has 0 aliphatic carbocycles.